The lowest BCUT2D eigenvalue weighted by Crippen LogP contribution is -2.40. The summed E-state index contributed by atoms with van der Waals surface area (Å²) in [6.07, 6.45) is 1.37. The normalized spacial score (nSPS) is 15.7. The average molecular weight is 267 g/mol. The van der Waals surface area contributed by atoms with Crippen molar-refractivity contribution in [1.29, 1.82) is 0 Å². The van der Waals surface area contributed by atoms with E-state index in [1.54, 1.807) is 4.90 Å². The Kier molecular flexibility index (Phi) is 3.26. The fourth-order valence-electron chi connectivity index (χ4n) is 2.69. The highest BCUT2D eigenvalue weighted by molar-refractivity contribution is 6.00. The number of likely N-dealkylation sites (tertiary alicyclic amines) is 1. The summed E-state index contributed by atoms with van der Waals surface area (Å²) in [5.41, 5.74) is 1.87. The van der Waals surface area contributed by atoms with E-state index in [1.807, 2.05) is 30.3 Å². The van der Waals surface area contributed by atoms with Crippen LogP contribution in [0.15, 0.2) is 36.4 Å². The van der Waals surface area contributed by atoms with E-state index in [1.165, 1.54) is 5.56 Å². The summed E-state index contributed by atoms with van der Waals surface area (Å²) in [6, 6.07) is 11.9. The van der Waals surface area contributed by atoms with E-state index >= 15 is 0 Å². The van der Waals surface area contributed by atoms with Gasteiger partial charge in [-0.25, -0.2) is 0 Å². The number of piperidine rings is 1. The van der Waals surface area contributed by atoms with Gasteiger partial charge in [-0.3, -0.25) is 9.59 Å². The third kappa shape index (κ3) is 2.44. The predicted octanol–water partition coefficient (Wildman–Crippen LogP) is 2.95. The van der Waals surface area contributed by atoms with Crippen molar-refractivity contribution < 1.29 is 9.59 Å². The first kappa shape index (κ1) is 12.9. The zero-order valence-corrected chi connectivity index (χ0v) is 11.6. The number of hydrogen-bond donors (Lipinski definition) is 0. The van der Waals surface area contributed by atoms with E-state index in [0.29, 0.717) is 18.5 Å². The minimum absolute atomic E-state index is 0.0412. The van der Waals surface area contributed by atoms with Gasteiger partial charge in [-0.2, -0.15) is 0 Å². The summed E-state index contributed by atoms with van der Waals surface area (Å²) >= 11 is 0. The van der Waals surface area contributed by atoms with Crippen LogP contribution >= 0.6 is 0 Å². The highest BCUT2D eigenvalue weighted by atomic mass is 16.2. The van der Waals surface area contributed by atoms with Crippen molar-refractivity contribution in [2.45, 2.75) is 19.8 Å². The lowest BCUT2D eigenvalue weighted by molar-refractivity contribution is -0.121. The highest BCUT2D eigenvalue weighted by Gasteiger charge is 2.22. The van der Waals surface area contributed by atoms with Crippen molar-refractivity contribution in [1.82, 2.24) is 4.90 Å². The Hall–Kier alpha value is -2.16. The van der Waals surface area contributed by atoms with Gasteiger partial charge in [-0.15, -0.1) is 0 Å². The molecule has 1 heterocycles. The van der Waals surface area contributed by atoms with E-state index in [9.17, 15) is 9.59 Å². The van der Waals surface area contributed by atoms with Crippen LogP contribution in [-0.2, 0) is 4.79 Å². The molecule has 0 unspecified atom stereocenters. The lowest BCUT2D eigenvalue weighted by Gasteiger charge is -2.25. The molecule has 2 aromatic carbocycles. The van der Waals surface area contributed by atoms with Crippen molar-refractivity contribution in [3.05, 3.63) is 47.5 Å². The number of amides is 1. The molecule has 0 aromatic heterocycles. The average Bonchev–Trinajstić information content (AvgIpc) is 2.46. The monoisotopic (exact) mass is 267 g/mol. The smallest absolute Gasteiger partial charge is 0.254 e. The molecule has 3 rings (SSSR count). The van der Waals surface area contributed by atoms with Crippen LogP contribution in [0.5, 0.6) is 0 Å². The number of hydrogen-bond acceptors (Lipinski definition) is 2. The van der Waals surface area contributed by atoms with Gasteiger partial charge in [0, 0.05) is 18.5 Å². The standard InChI is InChI=1S/C17H17NO2/c1-12-4-5-14-10-15(7-6-13(14)9-12)17(20)18-8-2-3-16(19)11-18/h4-7,9-10H,2-3,8,11H2,1H3. The lowest BCUT2D eigenvalue weighted by atomic mass is 10.0. The Morgan fingerprint density at radius 2 is 1.85 bits per heavy atom. The number of ketones is 1. The van der Waals surface area contributed by atoms with Crippen molar-refractivity contribution in [3.8, 4) is 0 Å². The number of rotatable bonds is 1. The molecule has 0 aliphatic carbocycles. The Balaban J connectivity index is 1.91. The molecule has 0 bridgehead atoms. The van der Waals surface area contributed by atoms with E-state index < -0.39 is 0 Å². The molecular weight excluding hydrogens is 250 g/mol. The molecule has 0 atom stereocenters. The predicted molar refractivity (Wildman–Crippen MR) is 78.8 cm³/mol. The van der Waals surface area contributed by atoms with Gasteiger partial charge in [0.15, 0.2) is 5.78 Å². The van der Waals surface area contributed by atoms with E-state index in [2.05, 4.69) is 13.0 Å². The van der Waals surface area contributed by atoms with Gasteiger partial charge in [-0.05, 0) is 36.2 Å². The van der Waals surface area contributed by atoms with Gasteiger partial charge in [0.1, 0.15) is 0 Å². The number of aryl methyl sites for hydroxylation is 1. The maximum absolute atomic E-state index is 12.4. The van der Waals surface area contributed by atoms with Crippen molar-refractivity contribution in [2.24, 2.45) is 0 Å². The van der Waals surface area contributed by atoms with Gasteiger partial charge < -0.3 is 4.90 Å². The molecule has 1 fully saturated rings. The molecule has 3 nitrogen and oxygen atoms in total. The number of carbonyl (C=O) groups excluding carboxylic acids is 2. The molecule has 0 radical (unpaired) electrons. The molecule has 1 amide bonds. The van der Waals surface area contributed by atoms with Crippen LogP contribution < -0.4 is 0 Å². The van der Waals surface area contributed by atoms with Gasteiger partial charge in [0.25, 0.3) is 5.91 Å². The van der Waals surface area contributed by atoms with Gasteiger partial charge in [-0.1, -0.05) is 29.8 Å². The Labute approximate surface area is 118 Å². The first-order chi connectivity index (χ1) is 9.63. The fraction of sp³-hybridized carbons (Fsp3) is 0.294. The van der Waals surface area contributed by atoms with Gasteiger partial charge in [0.05, 0.1) is 6.54 Å². The number of carbonyl (C=O) groups is 2. The van der Waals surface area contributed by atoms with Crippen LogP contribution in [0, 0.1) is 6.92 Å². The van der Waals surface area contributed by atoms with Crippen LogP contribution in [0.1, 0.15) is 28.8 Å². The molecule has 102 valence electrons. The Morgan fingerprint density at radius 3 is 2.65 bits per heavy atom. The number of benzene rings is 2. The molecule has 20 heavy (non-hydrogen) atoms. The second-order valence-electron chi connectivity index (χ2n) is 5.43. The third-order valence-corrected chi connectivity index (χ3v) is 3.78. The fourth-order valence-corrected chi connectivity index (χ4v) is 2.69. The molecular formula is C17H17NO2. The van der Waals surface area contributed by atoms with Gasteiger partial charge in [0.2, 0.25) is 0 Å². The molecule has 0 saturated carbocycles. The van der Waals surface area contributed by atoms with Crippen molar-refractivity contribution in [2.75, 3.05) is 13.1 Å². The largest absolute Gasteiger partial charge is 0.331 e. The summed E-state index contributed by atoms with van der Waals surface area (Å²) < 4.78 is 0. The summed E-state index contributed by atoms with van der Waals surface area (Å²) in [7, 11) is 0. The van der Waals surface area contributed by atoms with Crippen LogP contribution in [0.25, 0.3) is 10.8 Å². The molecule has 1 aliphatic rings. The Bertz CT molecular complexity index is 690. The first-order valence-electron chi connectivity index (χ1n) is 6.95. The SMILES string of the molecule is Cc1ccc2cc(C(=O)N3CCCC(=O)C3)ccc2c1. The van der Waals surface area contributed by atoms with E-state index in [0.717, 1.165) is 17.2 Å². The highest BCUT2D eigenvalue weighted by Crippen LogP contribution is 2.19. The van der Waals surface area contributed by atoms with Crippen LogP contribution in [0.3, 0.4) is 0 Å². The number of Topliss-reactive ketones (excluding diaryl/α,β-unsaturated/α-hetero) is 1. The van der Waals surface area contributed by atoms with E-state index in [4.69, 9.17) is 0 Å². The third-order valence-electron chi connectivity index (χ3n) is 3.78. The number of nitrogens with zero attached hydrogens (tertiary/aromatic N) is 1. The van der Waals surface area contributed by atoms with Gasteiger partial charge >= 0.3 is 0 Å². The second kappa shape index (κ2) is 5.08. The quantitative estimate of drug-likeness (QED) is 0.796. The molecule has 0 spiro atoms. The molecule has 1 aliphatic heterocycles. The minimum atomic E-state index is -0.0412. The zero-order valence-electron chi connectivity index (χ0n) is 11.6. The summed E-state index contributed by atoms with van der Waals surface area (Å²) in [5.74, 6) is 0.113. The maximum Gasteiger partial charge on any atom is 0.254 e. The van der Waals surface area contributed by atoms with Crippen LogP contribution in [0.2, 0.25) is 0 Å². The second-order valence-corrected chi connectivity index (χ2v) is 5.43. The van der Waals surface area contributed by atoms with Crippen molar-refractivity contribution >= 4 is 22.5 Å². The zero-order chi connectivity index (χ0) is 14.1. The van der Waals surface area contributed by atoms with E-state index in [-0.39, 0.29) is 18.2 Å². The molecule has 0 N–H and O–H groups in total. The van der Waals surface area contributed by atoms with Crippen molar-refractivity contribution in [3.63, 3.8) is 0 Å². The summed E-state index contributed by atoms with van der Waals surface area (Å²) in [4.78, 5) is 25.5. The summed E-state index contributed by atoms with van der Waals surface area (Å²) in [6.45, 7) is 2.99. The minimum Gasteiger partial charge on any atom is -0.331 e. The van der Waals surface area contributed by atoms with Crippen LogP contribution in [0.4, 0.5) is 0 Å². The molecule has 1 saturated heterocycles. The first-order valence-corrected chi connectivity index (χ1v) is 6.95. The topological polar surface area (TPSA) is 37.4 Å². The maximum atomic E-state index is 12.4. The molecule has 2 aromatic rings. The number of fused-ring (bicyclic) bond motifs is 1. The summed E-state index contributed by atoms with van der Waals surface area (Å²) in [5, 5.41) is 2.20. The Morgan fingerprint density at radius 1 is 1.10 bits per heavy atom. The van der Waals surface area contributed by atoms with Crippen LogP contribution in [-0.4, -0.2) is 29.7 Å². The molecule has 3 heteroatoms.